The molecule has 0 bridgehead atoms. The fourth-order valence-corrected chi connectivity index (χ4v) is 2.70. The molecule has 3 aromatic rings. The van der Waals surface area contributed by atoms with E-state index in [0.717, 1.165) is 32.4 Å². The number of pyridine rings is 2. The van der Waals surface area contributed by atoms with Gasteiger partial charge in [-0.15, -0.1) is 0 Å². The smallest absolute Gasteiger partial charge is 0.137 e. The van der Waals surface area contributed by atoms with Crippen molar-refractivity contribution in [2.24, 2.45) is 0 Å². The Kier molecular flexibility index (Phi) is 3.91. The molecule has 0 saturated carbocycles. The van der Waals surface area contributed by atoms with Crippen LogP contribution in [0.2, 0.25) is 0 Å². The van der Waals surface area contributed by atoms with E-state index in [0.29, 0.717) is 4.47 Å². The zero-order valence-electron chi connectivity index (χ0n) is 11.0. The van der Waals surface area contributed by atoms with E-state index in [1.165, 1.54) is 6.07 Å². The van der Waals surface area contributed by atoms with Crippen LogP contribution in [0.3, 0.4) is 0 Å². The van der Waals surface area contributed by atoms with Crippen LogP contribution >= 0.6 is 31.9 Å². The molecule has 0 aliphatic heterocycles. The lowest BCUT2D eigenvalue weighted by atomic mass is 10.2. The molecule has 1 aromatic carbocycles. The molecule has 6 heteroatoms. The quantitative estimate of drug-likeness (QED) is 0.619. The molecule has 0 radical (unpaired) electrons. The summed E-state index contributed by atoms with van der Waals surface area (Å²) in [5.41, 5.74) is 4.01. The summed E-state index contributed by atoms with van der Waals surface area (Å²) in [6.07, 6.45) is 3.44. The highest BCUT2D eigenvalue weighted by Gasteiger charge is 2.09. The molecule has 0 aliphatic carbocycles. The van der Waals surface area contributed by atoms with Crippen LogP contribution in [0.1, 0.15) is 5.56 Å². The summed E-state index contributed by atoms with van der Waals surface area (Å²) < 4.78 is 14.8. The van der Waals surface area contributed by atoms with Crippen LogP contribution in [-0.2, 0) is 0 Å². The van der Waals surface area contributed by atoms with Gasteiger partial charge in [0, 0.05) is 22.6 Å². The van der Waals surface area contributed by atoms with Gasteiger partial charge in [0.25, 0.3) is 0 Å². The van der Waals surface area contributed by atoms with Gasteiger partial charge in [0.05, 0.1) is 15.7 Å². The number of hydrogen-bond donors (Lipinski definition) is 1. The largest absolute Gasteiger partial charge is 0.353 e. The van der Waals surface area contributed by atoms with Crippen LogP contribution in [0, 0.1) is 12.7 Å². The molecule has 1 N–H and O–H groups in total. The molecule has 0 aliphatic rings. The van der Waals surface area contributed by atoms with E-state index in [2.05, 4.69) is 47.1 Å². The molecule has 0 saturated heterocycles. The number of rotatable bonds is 2. The summed E-state index contributed by atoms with van der Waals surface area (Å²) in [4.78, 5) is 8.69. The van der Waals surface area contributed by atoms with Crippen molar-refractivity contribution in [2.45, 2.75) is 6.92 Å². The third-order valence-electron chi connectivity index (χ3n) is 3.08. The van der Waals surface area contributed by atoms with Gasteiger partial charge in [-0.25, -0.2) is 4.39 Å². The van der Waals surface area contributed by atoms with Crippen molar-refractivity contribution in [1.82, 2.24) is 9.97 Å². The average molecular weight is 411 g/mol. The molecule has 106 valence electrons. The van der Waals surface area contributed by atoms with Gasteiger partial charge in [-0.05, 0) is 68.6 Å². The van der Waals surface area contributed by atoms with Crippen molar-refractivity contribution in [3.8, 4) is 0 Å². The number of aromatic nitrogens is 2. The van der Waals surface area contributed by atoms with Crippen LogP contribution in [0.25, 0.3) is 11.0 Å². The predicted octanol–water partition coefficient (Wildman–Crippen LogP) is 5.35. The Morgan fingerprint density at radius 1 is 1.10 bits per heavy atom. The minimum Gasteiger partial charge on any atom is -0.353 e. The van der Waals surface area contributed by atoms with Crippen molar-refractivity contribution >= 4 is 54.3 Å². The molecule has 0 spiro atoms. The van der Waals surface area contributed by atoms with Gasteiger partial charge in [-0.1, -0.05) is 0 Å². The van der Waals surface area contributed by atoms with E-state index < -0.39 is 0 Å². The van der Waals surface area contributed by atoms with E-state index in [-0.39, 0.29) is 5.82 Å². The summed E-state index contributed by atoms with van der Waals surface area (Å²) in [6.45, 7) is 1.85. The summed E-state index contributed by atoms with van der Waals surface area (Å²) in [7, 11) is 0. The lowest BCUT2D eigenvalue weighted by Gasteiger charge is -2.12. The Hall–Kier alpha value is -1.53. The summed E-state index contributed by atoms with van der Waals surface area (Å²) in [5.74, 6) is -0.278. The van der Waals surface area contributed by atoms with Gasteiger partial charge in [0.1, 0.15) is 11.3 Å². The van der Waals surface area contributed by atoms with E-state index in [1.54, 1.807) is 18.5 Å². The first-order chi connectivity index (χ1) is 10.0. The highest BCUT2D eigenvalue weighted by Crippen LogP contribution is 2.29. The standard InChI is InChI=1S/C15H10Br2FN3/c1-8-4-11(18)10(17)6-13(8)21-12-2-3-19-14-5-9(16)7-20-15(12)14/h2-7H,1H3,(H,19,21). The molecule has 0 unspecified atom stereocenters. The second-order valence-electron chi connectivity index (χ2n) is 4.59. The summed E-state index contributed by atoms with van der Waals surface area (Å²) in [5, 5.41) is 3.29. The topological polar surface area (TPSA) is 37.8 Å². The van der Waals surface area contributed by atoms with Crippen LogP contribution < -0.4 is 5.32 Å². The van der Waals surface area contributed by atoms with Crippen LogP contribution in [0.15, 0.2) is 45.6 Å². The SMILES string of the molecule is Cc1cc(F)c(Br)cc1Nc1ccnc2cc(Br)cnc12. The number of nitrogens with one attached hydrogen (secondary N) is 1. The van der Waals surface area contributed by atoms with Crippen molar-refractivity contribution in [3.05, 3.63) is 57.0 Å². The average Bonchev–Trinajstić information content (AvgIpc) is 2.44. The second-order valence-corrected chi connectivity index (χ2v) is 6.36. The maximum atomic E-state index is 13.5. The highest BCUT2D eigenvalue weighted by atomic mass is 79.9. The molecular weight excluding hydrogens is 401 g/mol. The van der Waals surface area contributed by atoms with Gasteiger partial charge in [-0.3, -0.25) is 9.97 Å². The fraction of sp³-hybridized carbons (Fsp3) is 0.0667. The minimum atomic E-state index is -0.278. The zero-order valence-corrected chi connectivity index (χ0v) is 14.2. The van der Waals surface area contributed by atoms with Crippen LogP contribution in [-0.4, -0.2) is 9.97 Å². The van der Waals surface area contributed by atoms with Gasteiger partial charge < -0.3 is 5.32 Å². The Balaban J connectivity index is 2.08. The number of nitrogens with zero attached hydrogens (tertiary/aromatic N) is 2. The second kappa shape index (κ2) is 5.69. The first-order valence-electron chi connectivity index (χ1n) is 6.17. The first-order valence-corrected chi connectivity index (χ1v) is 7.76. The van der Waals surface area contributed by atoms with Crippen LogP contribution in [0.4, 0.5) is 15.8 Å². The van der Waals surface area contributed by atoms with Crippen molar-refractivity contribution in [3.63, 3.8) is 0 Å². The molecule has 0 amide bonds. The maximum absolute atomic E-state index is 13.5. The number of anilines is 2. The number of benzene rings is 1. The van der Waals surface area contributed by atoms with E-state index in [9.17, 15) is 4.39 Å². The number of hydrogen-bond acceptors (Lipinski definition) is 3. The van der Waals surface area contributed by atoms with Gasteiger partial charge in [0.2, 0.25) is 0 Å². The molecule has 3 rings (SSSR count). The Bertz CT molecular complexity index is 837. The number of aryl methyl sites for hydroxylation is 1. The predicted molar refractivity (Wildman–Crippen MR) is 89.4 cm³/mol. The minimum absolute atomic E-state index is 0.278. The van der Waals surface area contributed by atoms with E-state index in [1.807, 2.05) is 19.1 Å². The lowest BCUT2D eigenvalue weighted by molar-refractivity contribution is 0.620. The van der Waals surface area contributed by atoms with Crippen molar-refractivity contribution in [2.75, 3.05) is 5.32 Å². The fourth-order valence-electron chi connectivity index (χ4n) is 2.03. The van der Waals surface area contributed by atoms with Crippen molar-refractivity contribution in [1.29, 1.82) is 0 Å². The maximum Gasteiger partial charge on any atom is 0.137 e. The summed E-state index contributed by atoms with van der Waals surface area (Å²) in [6, 6.07) is 6.95. The van der Waals surface area contributed by atoms with Gasteiger partial charge in [0.15, 0.2) is 0 Å². The highest BCUT2D eigenvalue weighted by molar-refractivity contribution is 9.10. The summed E-state index contributed by atoms with van der Waals surface area (Å²) >= 11 is 6.59. The third kappa shape index (κ3) is 2.91. The molecule has 2 aromatic heterocycles. The Labute approximate surface area is 137 Å². The normalized spacial score (nSPS) is 10.9. The monoisotopic (exact) mass is 409 g/mol. The first kappa shape index (κ1) is 14.4. The molecule has 0 atom stereocenters. The lowest BCUT2D eigenvalue weighted by Crippen LogP contribution is -1.97. The van der Waals surface area contributed by atoms with Gasteiger partial charge >= 0.3 is 0 Å². The van der Waals surface area contributed by atoms with E-state index >= 15 is 0 Å². The third-order valence-corrected chi connectivity index (χ3v) is 4.12. The molecule has 21 heavy (non-hydrogen) atoms. The number of halogens is 3. The molecule has 2 heterocycles. The van der Waals surface area contributed by atoms with E-state index in [4.69, 9.17) is 0 Å². The molecule has 0 fully saturated rings. The van der Waals surface area contributed by atoms with Crippen molar-refractivity contribution < 1.29 is 4.39 Å². The van der Waals surface area contributed by atoms with Gasteiger partial charge in [-0.2, -0.15) is 0 Å². The Morgan fingerprint density at radius 2 is 1.90 bits per heavy atom. The molecule has 3 nitrogen and oxygen atoms in total. The molecular formula is C15H10Br2FN3. The zero-order chi connectivity index (χ0) is 15.0. The Morgan fingerprint density at radius 3 is 2.71 bits per heavy atom. The van der Waals surface area contributed by atoms with Crippen LogP contribution in [0.5, 0.6) is 0 Å². The number of fused-ring (bicyclic) bond motifs is 1.